The molecule has 8 nitrogen and oxygen atoms in total. The van der Waals surface area contributed by atoms with Gasteiger partial charge in [0.15, 0.2) is 0 Å². The van der Waals surface area contributed by atoms with E-state index < -0.39 is 0 Å². The van der Waals surface area contributed by atoms with Crippen LogP contribution in [0.15, 0.2) is 47.5 Å². The number of nitrogens with one attached hydrogen (secondary N) is 4. The predicted molar refractivity (Wildman–Crippen MR) is 116 cm³/mol. The molecule has 0 amide bonds. The number of pyridine rings is 2. The molecular weight excluding hydrogens is 366 g/mol. The number of hydrogen-bond acceptors (Lipinski definition) is 6. The van der Waals surface area contributed by atoms with Crippen LogP contribution in [0.4, 0.5) is 17.3 Å². The summed E-state index contributed by atoms with van der Waals surface area (Å²) < 4.78 is 0. The van der Waals surface area contributed by atoms with Crippen LogP contribution in [0.5, 0.6) is 0 Å². The summed E-state index contributed by atoms with van der Waals surface area (Å²) in [5, 5.41) is 16.2. The maximum Gasteiger partial charge on any atom is 0.259 e. The first-order valence-electron chi connectivity index (χ1n) is 9.92. The molecule has 3 aromatic heterocycles. The Labute approximate surface area is 166 Å². The molecule has 0 aliphatic heterocycles. The van der Waals surface area contributed by atoms with Gasteiger partial charge in [-0.15, -0.1) is 0 Å². The summed E-state index contributed by atoms with van der Waals surface area (Å²) in [6, 6.07) is 9.95. The molecule has 3 heterocycles. The van der Waals surface area contributed by atoms with Gasteiger partial charge in [-0.1, -0.05) is 12.8 Å². The van der Waals surface area contributed by atoms with Crippen molar-refractivity contribution in [1.29, 1.82) is 0 Å². The van der Waals surface area contributed by atoms with Crippen LogP contribution in [0.2, 0.25) is 0 Å². The normalized spacial score (nSPS) is 19.5. The lowest BCUT2D eigenvalue weighted by molar-refractivity contribution is 0.403. The Morgan fingerprint density at radius 1 is 1.10 bits per heavy atom. The number of hydrogen-bond donors (Lipinski definition) is 5. The number of nitrogens with two attached hydrogens (primary N) is 1. The average molecular weight is 389 g/mol. The molecule has 8 heteroatoms. The van der Waals surface area contributed by atoms with Gasteiger partial charge in [-0.25, -0.2) is 4.98 Å². The van der Waals surface area contributed by atoms with E-state index in [1.165, 1.54) is 6.42 Å². The van der Waals surface area contributed by atoms with E-state index in [0.717, 1.165) is 47.1 Å². The van der Waals surface area contributed by atoms with E-state index in [2.05, 4.69) is 25.8 Å². The van der Waals surface area contributed by atoms with Crippen molar-refractivity contribution in [3.8, 4) is 0 Å². The molecule has 0 spiro atoms. The smallest absolute Gasteiger partial charge is 0.259 e. The highest BCUT2D eigenvalue weighted by Crippen LogP contribution is 2.28. The van der Waals surface area contributed by atoms with E-state index in [0.29, 0.717) is 11.2 Å². The van der Waals surface area contributed by atoms with Crippen molar-refractivity contribution in [3.05, 3.63) is 53.1 Å². The van der Waals surface area contributed by atoms with Crippen LogP contribution in [0.3, 0.4) is 0 Å². The summed E-state index contributed by atoms with van der Waals surface area (Å²) in [4.78, 5) is 20.0. The summed E-state index contributed by atoms with van der Waals surface area (Å²) in [6.45, 7) is 0. The Balaban J connectivity index is 1.55. The lowest BCUT2D eigenvalue weighted by Gasteiger charge is -2.30. The average Bonchev–Trinajstić information content (AvgIpc) is 3.17. The zero-order valence-electron chi connectivity index (χ0n) is 15.9. The first-order chi connectivity index (χ1) is 14.2. The van der Waals surface area contributed by atoms with E-state index in [9.17, 15) is 4.79 Å². The molecule has 4 aromatic rings. The summed E-state index contributed by atoms with van der Waals surface area (Å²) in [5.41, 5.74) is 7.85. The fraction of sp³-hybridized carbons (Fsp3) is 0.286. The van der Waals surface area contributed by atoms with Crippen LogP contribution in [0.25, 0.3) is 21.7 Å². The van der Waals surface area contributed by atoms with E-state index in [1.807, 2.05) is 30.3 Å². The fourth-order valence-electron chi connectivity index (χ4n) is 4.06. The standard InChI is InChI=1S/C21H23N7O/c22-15-3-1-2-4-16(15)26-18-9-12-7-8-23-21(29)19(12)20(27-18)25-14-6-5-13-11-24-28-17(13)10-14/h5-11,15-16H,1-4,22H2,(H,23,29)(H,24,28)(H2,25,26,27)/t15-,16+/m1/s1. The van der Waals surface area contributed by atoms with Crippen molar-refractivity contribution in [2.75, 3.05) is 10.6 Å². The second-order valence-corrected chi connectivity index (χ2v) is 7.62. The van der Waals surface area contributed by atoms with Gasteiger partial charge < -0.3 is 21.4 Å². The fourth-order valence-corrected chi connectivity index (χ4v) is 4.06. The van der Waals surface area contributed by atoms with Gasteiger partial charge in [0, 0.05) is 29.4 Å². The van der Waals surface area contributed by atoms with Gasteiger partial charge in [-0.2, -0.15) is 5.10 Å². The maximum absolute atomic E-state index is 12.5. The SMILES string of the molecule is N[C@@H]1CCCC[C@@H]1Nc1cc2cc[nH]c(=O)c2c(Nc2ccc3cn[nH]c3c2)n1. The van der Waals surface area contributed by atoms with Crippen LogP contribution in [-0.2, 0) is 0 Å². The second kappa shape index (κ2) is 7.21. The van der Waals surface area contributed by atoms with Crippen LogP contribution >= 0.6 is 0 Å². The summed E-state index contributed by atoms with van der Waals surface area (Å²) in [7, 11) is 0. The number of aromatic nitrogens is 4. The zero-order valence-corrected chi connectivity index (χ0v) is 15.9. The van der Waals surface area contributed by atoms with Crippen LogP contribution < -0.4 is 21.9 Å². The Hall–Kier alpha value is -3.39. The lowest BCUT2D eigenvalue weighted by Crippen LogP contribution is -2.42. The third kappa shape index (κ3) is 3.42. The van der Waals surface area contributed by atoms with E-state index >= 15 is 0 Å². The molecule has 148 valence electrons. The van der Waals surface area contributed by atoms with Gasteiger partial charge in [-0.3, -0.25) is 9.89 Å². The van der Waals surface area contributed by atoms with Crippen molar-refractivity contribution >= 4 is 39.0 Å². The van der Waals surface area contributed by atoms with Gasteiger partial charge >= 0.3 is 0 Å². The van der Waals surface area contributed by atoms with Gasteiger partial charge in [0.05, 0.1) is 17.1 Å². The van der Waals surface area contributed by atoms with Crippen molar-refractivity contribution in [1.82, 2.24) is 20.2 Å². The molecule has 0 saturated heterocycles. The zero-order chi connectivity index (χ0) is 19.8. The Kier molecular flexibility index (Phi) is 4.40. The van der Waals surface area contributed by atoms with E-state index in [-0.39, 0.29) is 17.6 Å². The van der Waals surface area contributed by atoms with Gasteiger partial charge in [-0.05, 0) is 48.6 Å². The summed E-state index contributed by atoms with van der Waals surface area (Å²) >= 11 is 0. The topological polar surface area (TPSA) is 125 Å². The van der Waals surface area contributed by atoms with Crippen molar-refractivity contribution in [2.24, 2.45) is 5.73 Å². The molecule has 2 atom stereocenters. The highest BCUT2D eigenvalue weighted by atomic mass is 16.1. The van der Waals surface area contributed by atoms with E-state index in [4.69, 9.17) is 10.7 Å². The highest BCUT2D eigenvalue weighted by Gasteiger charge is 2.22. The van der Waals surface area contributed by atoms with E-state index in [1.54, 1.807) is 12.4 Å². The molecule has 1 saturated carbocycles. The molecule has 0 unspecified atom stereocenters. The highest BCUT2D eigenvalue weighted by molar-refractivity contribution is 5.95. The number of H-pyrrole nitrogens is 2. The largest absolute Gasteiger partial charge is 0.366 e. The molecule has 1 aliphatic rings. The van der Waals surface area contributed by atoms with Crippen LogP contribution in [0, 0.1) is 0 Å². The molecule has 0 radical (unpaired) electrons. The molecule has 1 aromatic carbocycles. The quantitative estimate of drug-likeness (QED) is 0.365. The van der Waals surface area contributed by atoms with Crippen molar-refractivity contribution < 1.29 is 0 Å². The van der Waals surface area contributed by atoms with Crippen LogP contribution in [-0.4, -0.2) is 32.2 Å². The molecule has 1 fully saturated rings. The minimum absolute atomic E-state index is 0.111. The molecular formula is C21H23N7O. The second-order valence-electron chi connectivity index (χ2n) is 7.62. The third-order valence-corrected chi connectivity index (χ3v) is 5.61. The van der Waals surface area contributed by atoms with Crippen molar-refractivity contribution in [3.63, 3.8) is 0 Å². The van der Waals surface area contributed by atoms with Gasteiger partial charge in [0.2, 0.25) is 0 Å². The number of anilines is 3. The predicted octanol–water partition coefficient (Wildman–Crippen LogP) is 3.22. The summed E-state index contributed by atoms with van der Waals surface area (Å²) in [6.07, 6.45) is 7.79. The van der Waals surface area contributed by atoms with Gasteiger partial charge in [0.25, 0.3) is 5.56 Å². The molecule has 0 bridgehead atoms. The number of fused-ring (bicyclic) bond motifs is 2. The molecule has 1 aliphatic carbocycles. The van der Waals surface area contributed by atoms with Crippen LogP contribution in [0.1, 0.15) is 25.7 Å². The number of benzene rings is 1. The number of rotatable bonds is 4. The Morgan fingerprint density at radius 3 is 2.90 bits per heavy atom. The lowest BCUT2D eigenvalue weighted by atomic mass is 9.91. The minimum Gasteiger partial charge on any atom is -0.366 e. The van der Waals surface area contributed by atoms with Crippen molar-refractivity contribution in [2.45, 2.75) is 37.8 Å². The Bertz CT molecular complexity index is 1230. The first-order valence-corrected chi connectivity index (χ1v) is 9.92. The monoisotopic (exact) mass is 389 g/mol. The molecule has 5 rings (SSSR count). The first kappa shape index (κ1) is 17.7. The number of nitrogens with zero attached hydrogens (tertiary/aromatic N) is 2. The molecule has 29 heavy (non-hydrogen) atoms. The summed E-state index contributed by atoms with van der Waals surface area (Å²) in [5.74, 6) is 1.23. The van der Waals surface area contributed by atoms with Gasteiger partial charge in [0.1, 0.15) is 11.6 Å². The molecule has 6 N–H and O–H groups in total. The Morgan fingerprint density at radius 2 is 2.00 bits per heavy atom. The minimum atomic E-state index is -0.180. The number of aromatic amines is 2. The third-order valence-electron chi connectivity index (χ3n) is 5.61. The maximum atomic E-state index is 12.5.